The van der Waals surface area contributed by atoms with Gasteiger partial charge in [0.15, 0.2) is 16.3 Å². The molecule has 39 heavy (non-hydrogen) atoms. The third-order valence-electron chi connectivity index (χ3n) is 5.94. The molecule has 0 radical (unpaired) electrons. The van der Waals surface area contributed by atoms with Crippen LogP contribution in [-0.2, 0) is 9.53 Å². The van der Waals surface area contributed by atoms with E-state index in [1.165, 1.54) is 11.3 Å². The monoisotopic (exact) mass is 614 g/mol. The Morgan fingerprint density at radius 2 is 1.92 bits per heavy atom. The Morgan fingerprint density at radius 1 is 1.18 bits per heavy atom. The molecule has 1 atom stereocenters. The lowest BCUT2D eigenvalue weighted by atomic mass is 9.95. The number of esters is 1. The van der Waals surface area contributed by atoms with Gasteiger partial charge in [-0.05, 0) is 58.9 Å². The van der Waals surface area contributed by atoms with Gasteiger partial charge in [-0.1, -0.05) is 45.5 Å². The molecule has 0 amide bonds. The average molecular weight is 616 g/mol. The summed E-state index contributed by atoms with van der Waals surface area (Å²) in [6.45, 7) is 9.87. The van der Waals surface area contributed by atoms with Gasteiger partial charge in [0.25, 0.3) is 5.56 Å². The third kappa shape index (κ3) is 5.81. The molecule has 0 bridgehead atoms. The Bertz CT molecular complexity index is 1600. The van der Waals surface area contributed by atoms with Crippen LogP contribution in [-0.4, -0.2) is 37.0 Å². The van der Waals surface area contributed by atoms with Crippen molar-refractivity contribution in [3.05, 3.63) is 83.0 Å². The number of methoxy groups -OCH3 is 1. The van der Waals surface area contributed by atoms with Crippen LogP contribution in [0.4, 0.5) is 0 Å². The first-order valence-corrected chi connectivity index (χ1v) is 14.3. The van der Waals surface area contributed by atoms with Gasteiger partial charge in [-0.3, -0.25) is 9.36 Å². The number of aromatic nitrogens is 1. The molecule has 1 aromatic heterocycles. The van der Waals surface area contributed by atoms with Gasteiger partial charge in [0, 0.05) is 15.6 Å². The maximum atomic E-state index is 14.1. The van der Waals surface area contributed by atoms with Crippen LogP contribution in [0.2, 0.25) is 0 Å². The number of para-hydroxylation sites is 1. The van der Waals surface area contributed by atoms with E-state index in [0.717, 1.165) is 4.47 Å². The molecule has 0 spiro atoms. The Balaban J connectivity index is 2.01. The zero-order valence-corrected chi connectivity index (χ0v) is 25.1. The SMILES string of the molecule is CCOC(=O)C1=C(C)N=c2s/c(=C\c3cc(Br)cc(OC)c3OCC)c(=O)n2[C@@H]1c1ccccc1OC(C)C. The molecule has 0 saturated heterocycles. The second-order valence-corrected chi connectivity index (χ2v) is 10.9. The fourth-order valence-electron chi connectivity index (χ4n) is 4.44. The second kappa shape index (κ2) is 12.2. The lowest BCUT2D eigenvalue weighted by molar-refractivity contribution is -0.139. The second-order valence-electron chi connectivity index (χ2n) is 8.97. The molecule has 1 aliphatic rings. The van der Waals surface area contributed by atoms with Crippen LogP contribution in [0.25, 0.3) is 6.08 Å². The summed E-state index contributed by atoms with van der Waals surface area (Å²) in [6.07, 6.45) is 1.65. The summed E-state index contributed by atoms with van der Waals surface area (Å²) >= 11 is 4.76. The molecule has 0 fully saturated rings. The van der Waals surface area contributed by atoms with Crippen molar-refractivity contribution >= 4 is 39.3 Å². The number of benzene rings is 2. The number of carbonyl (C=O) groups excluding carboxylic acids is 1. The molecule has 8 nitrogen and oxygen atoms in total. The quantitative estimate of drug-likeness (QED) is 0.323. The number of hydrogen-bond acceptors (Lipinski definition) is 8. The Kier molecular flexibility index (Phi) is 8.97. The molecule has 1 aliphatic heterocycles. The maximum Gasteiger partial charge on any atom is 0.338 e. The largest absolute Gasteiger partial charge is 0.493 e. The zero-order valence-electron chi connectivity index (χ0n) is 22.7. The summed E-state index contributed by atoms with van der Waals surface area (Å²) in [6, 6.07) is 10.3. The highest BCUT2D eigenvalue weighted by molar-refractivity contribution is 9.10. The molecular formula is C29H31BrN2O6S. The molecule has 0 unspecified atom stereocenters. The van der Waals surface area contributed by atoms with Crippen molar-refractivity contribution in [3.8, 4) is 17.2 Å². The van der Waals surface area contributed by atoms with Crippen molar-refractivity contribution in [1.82, 2.24) is 4.57 Å². The van der Waals surface area contributed by atoms with Crippen LogP contribution in [0.3, 0.4) is 0 Å². The van der Waals surface area contributed by atoms with Crippen LogP contribution in [0.5, 0.6) is 17.2 Å². The van der Waals surface area contributed by atoms with Gasteiger partial charge in [0.2, 0.25) is 0 Å². The van der Waals surface area contributed by atoms with Gasteiger partial charge >= 0.3 is 5.97 Å². The van der Waals surface area contributed by atoms with Crippen LogP contribution in [0.1, 0.15) is 51.8 Å². The summed E-state index contributed by atoms with van der Waals surface area (Å²) in [5, 5.41) is 0. The molecule has 4 rings (SSSR count). The molecule has 0 saturated carbocycles. The van der Waals surface area contributed by atoms with Gasteiger partial charge < -0.3 is 18.9 Å². The van der Waals surface area contributed by atoms with Gasteiger partial charge in [0.05, 0.1) is 42.2 Å². The summed E-state index contributed by atoms with van der Waals surface area (Å²) in [4.78, 5) is 32.4. The van der Waals surface area contributed by atoms with E-state index in [1.807, 2.05) is 57.2 Å². The van der Waals surface area contributed by atoms with E-state index >= 15 is 0 Å². The summed E-state index contributed by atoms with van der Waals surface area (Å²) in [7, 11) is 1.57. The fraction of sp³-hybridized carbons (Fsp3) is 0.345. The van der Waals surface area contributed by atoms with Crippen LogP contribution < -0.4 is 29.1 Å². The fourth-order valence-corrected chi connectivity index (χ4v) is 5.93. The number of rotatable bonds is 9. The van der Waals surface area contributed by atoms with Gasteiger partial charge in [0.1, 0.15) is 11.8 Å². The van der Waals surface area contributed by atoms with E-state index in [1.54, 1.807) is 31.6 Å². The molecule has 2 heterocycles. The minimum atomic E-state index is -0.777. The zero-order chi connectivity index (χ0) is 28.3. The van der Waals surface area contributed by atoms with Crippen molar-refractivity contribution in [1.29, 1.82) is 0 Å². The van der Waals surface area contributed by atoms with E-state index in [9.17, 15) is 9.59 Å². The minimum absolute atomic E-state index is 0.110. The summed E-state index contributed by atoms with van der Waals surface area (Å²) < 4.78 is 25.7. The van der Waals surface area contributed by atoms with Crippen molar-refractivity contribution in [2.45, 2.75) is 46.8 Å². The molecule has 3 aromatic rings. The van der Waals surface area contributed by atoms with Crippen LogP contribution >= 0.6 is 27.3 Å². The first kappa shape index (κ1) is 28.6. The van der Waals surface area contributed by atoms with Crippen molar-refractivity contribution in [3.63, 3.8) is 0 Å². The maximum absolute atomic E-state index is 14.1. The van der Waals surface area contributed by atoms with E-state index in [2.05, 4.69) is 20.9 Å². The highest BCUT2D eigenvalue weighted by atomic mass is 79.9. The molecule has 206 valence electrons. The average Bonchev–Trinajstić information content (AvgIpc) is 3.19. The first-order chi connectivity index (χ1) is 18.7. The minimum Gasteiger partial charge on any atom is -0.493 e. The molecule has 2 aromatic carbocycles. The van der Waals surface area contributed by atoms with Crippen molar-refractivity contribution < 1.29 is 23.7 Å². The highest BCUT2D eigenvalue weighted by Gasteiger charge is 2.35. The van der Waals surface area contributed by atoms with Gasteiger partial charge in [-0.2, -0.15) is 0 Å². The number of thiazole rings is 1. The molecule has 0 aliphatic carbocycles. The number of hydrogen-bond donors (Lipinski definition) is 0. The lowest BCUT2D eigenvalue weighted by Crippen LogP contribution is -2.40. The highest BCUT2D eigenvalue weighted by Crippen LogP contribution is 2.37. The van der Waals surface area contributed by atoms with E-state index in [-0.39, 0.29) is 18.3 Å². The number of nitrogens with zero attached hydrogens (tertiary/aromatic N) is 2. The molecule has 0 N–H and O–H groups in total. The number of halogens is 1. The number of fused-ring (bicyclic) bond motifs is 1. The van der Waals surface area contributed by atoms with Crippen molar-refractivity contribution in [2.24, 2.45) is 4.99 Å². The summed E-state index contributed by atoms with van der Waals surface area (Å²) in [5.74, 6) is 1.14. The van der Waals surface area contributed by atoms with Crippen LogP contribution in [0.15, 0.2) is 61.9 Å². The predicted octanol–water partition coefficient (Wildman–Crippen LogP) is 4.76. The molecule has 10 heteroatoms. The Morgan fingerprint density at radius 3 is 2.59 bits per heavy atom. The van der Waals surface area contributed by atoms with E-state index < -0.39 is 12.0 Å². The third-order valence-corrected chi connectivity index (χ3v) is 7.38. The molecular weight excluding hydrogens is 584 g/mol. The first-order valence-electron chi connectivity index (χ1n) is 12.7. The van der Waals surface area contributed by atoms with Crippen LogP contribution in [0, 0.1) is 0 Å². The number of carbonyl (C=O) groups is 1. The normalized spacial score (nSPS) is 15.2. The Hall–Kier alpha value is -3.37. The van der Waals surface area contributed by atoms with Crippen molar-refractivity contribution in [2.75, 3.05) is 20.3 Å². The summed E-state index contributed by atoms with van der Waals surface area (Å²) in [5.41, 5.74) is 1.85. The number of allylic oxidation sites excluding steroid dienone is 1. The van der Waals surface area contributed by atoms with Gasteiger partial charge in [-0.25, -0.2) is 9.79 Å². The van der Waals surface area contributed by atoms with E-state index in [4.69, 9.17) is 18.9 Å². The standard InChI is InChI=1S/C29H31BrN2O6S/c1-7-36-26-18(13-19(30)15-22(26)35-6)14-23-27(33)32-25(20-11-9-10-12-21(20)38-16(3)4)24(28(34)37-8-2)17(5)31-29(32)39-23/h9-16,25H,7-8H2,1-6H3/b23-14-/t25-/m1/s1. The smallest absolute Gasteiger partial charge is 0.338 e. The Labute approximate surface area is 239 Å². The lowest BCUT2D eigenvalue weighted by Gasteiger charge is -2.26. The topological polar surface area (TPSA) is 88.4 Å². The number of ether oxygens (including phenoxy) is 4. The predicted molar refractivity (Wildman–Crippen MR) is 154 cm³/mol. The van der Waals surface area contributed by atoms with E-state index in [0.29, 0.717) is 55.6 Å². The van der Waals surface area contributed by atoms with Gasteiger partial charge in [-0.15, -0.1) is 0 Å².